The number of fused-ring (bicyclic) bond motifs is 13. The maximum atomic E-state index is 2.62. The van der Waals surface area contributed by atoms with E-state index in [1.54, 1.807) is 0 Å². The van der Waals surface area contributed by atoms with Gasteiger partial charge < -0.3 is 4.90 Å². The van der Waals surface area contributed by atoms with Crippen LogP contribution in [0.15, 0.2) is 188 Å². The first-order valence-electron chi connectivity index (χ1n) is 18.7. The summed E-state index contributed by atoms with van der Waals surface area (Å²) in [4.78, 5) is 2.62. The van der Waals surface area contributed by atoms with Gasteiger partial charge in [-0.15, -0.1) is 0 Å². The van der Waals surface area contributed by atoms with E-state index in [9.17, 15) is 0 Å². The molecule has 0 unspecified atom stereocenters. The van der Waals surface area contributed by atoms with Gasteiger partial charge in [-0.3, -0.25) is 0 Å². The summed E-state index contributed by atoms with van der Waals surface area (Å²) >= 11 is 0. The van der Waals surface area contributed by atoms with Gasteiger partial charge in [-0.1, -0.05) is 184 Å². The SMILES string of the molecule is CC1(C)c2ccccc2-c2cccc(N(c3ccccc3-c3ccccc3)c3cccc4c3C3(c5ccccc5-c5ccccc53)c3ccccc3-4)c21. The molecule has 0 heterocycles. The monoisotopic (exact) mass is 675 g/mol. The molecule has 1 heteroatoms. The molecule has 0 bridgehead atoms. The predicted octanol–water partition coefficient (Wildman–Crippen LogP) is 13.5. The van der Waals surface area contributed by atoms with E-state index in [-0.39, 0.29) is 5.41 Å². The first-order valence-corrected chi connectivity index (χ1v) is 18.7. The van der Waals surface area contributed by atoms with Crippen molar-refractivity contribution in [1.29, 1.82) is 0 Å². The molecular formula is C52H37N. The second kappa shape index (κ2) is 11.0. The van der Waals surface area contributed by atoms with E-state index in [1.165, 1.54) is 89.3 Å². The zero-order valence-electron chi connectivity index (χ0n) is 29.8. The van der Waals surface area contributed by atoms with Crippen LogP contribution in [0.5, 0.6) is 0 Å². The highest BCUT2D eigenvalue weighted by molar-refractivity contribution is 6.02. The average Bonchev–Trinajstić information content (AvgIpc) is 3.78. The van der Waals surface area contributed by atoms with Gasteiger partial charge in [-0.25, -0.2) is 0 Å². The van der Waals surface area contributed by atoms with Gasteiger partial charge in [0.1, 0.15) is 0 Å². The van der Waals surface area contributed by atoms with Crippen molar-refractivity contribution in [3.8, 4) is 44.5 Å². The molecule has 1 spiro atoms. The number of hydrogen-bond acceptors (Lipinski definition) is 1. The maximum Gasteiger partial charge on any atom is 0.0746 e. The third kappa shape index (κ3) is 3.92. The second-order valence-corrected chi connectivity index (χ2v) is 15.2. The molecule has 250 valence electrons. The van der Waals surface area contributed by atoms with Gasteiger partial charge in [0.05, 0.1) is 22.5 Å². The lowest BCUT2D eigenvalue weighted by Gasteiger charge is -2.38. The molecule has 11 rings (SSSR count). The van der Waals surface area contributed by atoms with Crippen molar-refractivity contribution in [2.75, 3.05) is 4.90 Å². The molecule has 3 aliphatic carbocycles. The summed E-state index contributed by atoms with van der Waals surface area (Å²) in [6.45, 7) is 4.80. The first-order chi connectivity index (χ1) is 26.1. The van der Waals surface area contributed by atoms with Gasteiger partial charge in [0, 0.05) is 16.5 Å². The summed E-state index contributed by atoms with van der Waals surface area (Å²) in [5.74, 6) is 0. The highest BCUT2D eigenvalue weighted by atomic mass is 15.2. The molecule has 0 saturated heterocycles. The zero-order chi connectivity index (χ0) is 35.3. The van der Waals surface area contributed by atoms with Gasteiger partial charge >= 0.3 is 0 Å². The summed E-state index contributed by atoms with van der Waals surface area (Å²) in [5, 5.41) is 0. The topological polar surface area (TPSA) is 3.24 Å². The van der Waals surface area contributed by atoms with Crippen LogP contribution in [0.25, 0.3) is 44.5 Å². The molecule has 0 amide bonds. The molecule has 0 radical (unpaired) electrons. The minimum absolute atomic E-state index is 0.215. The number of rotatable bonds is 4. The molecule has 0 aromatic heterocycles. The molecule has 53 heavy (non-hydrogen) atoms. The fourth-order valence-corrected chi connectivity index (χ4v) is 10.2. The van der Waals surface area contributed by atoms with Crippen LogP contribution < -0.4 is 4.90 Å². The van der Waals surface area contributed by atoms with Gasteiger partial charge in [-0.05, 0) is 85.0 Å². The molecular weight excluding hydrogens is 639 g/mol. The predicted molar refractivity (Wildman–Crippen MR) is 220 cm³/mol. The van der Waals surface area contributed by atoms with Crippen molar-refractivity contribution >= 4 is 17.1 Å². The Bertz CT molecular complexity index is 2710. The average molecular weight is 676 g/mol. The standard InChI is InChI=1S/C52H37N/c1-51(2)42-27-11-6-23-38(42)40-25-16-32-47(49(40)51)53(46-31-15-10-20-35(46)34-18-4-3-5-19-34)48-33-17-26-41-39-24-9-14-30-45(39)52(50(41)48)43-28-12-7-21-36(43)37-22-8-13-29-44(37)52/h3-33H,1-2H3. The first kappa shape index (κ1) is 30.2. The molecule has 3 aliphatic rings. The summed E-state index contributed by atoms with van der Waals surface area (Å²) < 4.78 is 0. The molecule has 0 fully saturated rings. The van der Waals surface area contributed by atoms with Crippen molar-refractivity contribution < 1.29 is 0 Å². The Labute approximate surface area is 311 Å². The number of nitrogens with zero attached hydrogens (tertiary/aromatic N) is 1. The quantitative estimate of drug-likeness (QED) is 0.179. The van der Waals surface area contributed by atoms with E-state index in [4.69, 9.17) is 0 Å². The second-order valence-electron chi connectivity index (χ2n) is 15.2. The largest absolute Gasteiger partial charge is 0.309 e. The Morgan fingerprint density at radius 1 is 0.302 bits per heavy atom. The minimum Gasteiger partial charge on any atom is -0.309 e. The van der Waals surface area contributed by atoms with Gasteiger partial charge in [0.2, 0.25) is 0 Å². The molecule has 0 saturated carbocycles. The Morgan fingerprint density at radius 2 is 0.679 bits per heavy atom. The van der Waals surface area contributed by atoms with E-state index in [0.29, 0.717) is 0 Å². The Hall–Kier alpha value is -6.44. The van der Waals surface area contributed by atoms with Crippen molar-refractivity contribution in [3.05, 3.63) is 221 Å². The normalized spacial score (nSPS) is 14.5. The van der Waals surface area contributed by atoms with Crippen LogP contribution in [-0.2, 0) is 10.8 Å². The van der Waals surface area contributed by atoms with Crippen molar-refractivity contribution in [2.45, 2.75) is 24.7 Å². The van der Waals surface area contributed by atoms with Crippen LogP contribution in [0.3, 0.4) is 0 Å². The van der Waals surface area contributed by atoms with Crippen LogP contribution in [0.1, 0.15) is 47.2 Å². The number of benzene rings is 8. The van der Waals surface area contributed by atoms with E-state index in [2.05, 4.69) is 207 Å². The van der Waals surface area contributed by atoms with Crippen LogP contribution in [-0.4, -0.2) is 0 Å². The molecule has 0 N–H and O–H groups in total. The summed E-state index contributed by atoms with van der Waals surface area (Å²) in [6.07, 6.45) is 0. The van der Waals surface area contributed by atoms with Crippen LogP contribution in [0.4, 0.5) is 17.1 Å². The number of anilines is 3. The Balaban J connectivity index is 1.30. The lowest BCUT2D eigenvalue weighted by molar-refractivity contribution is 0.660. The van der Waals surface area contributed by atoms with Crippen LogP contribution in [0.2, 0.25) is 0 Å². The van der Waals surface area contributed by atoms with E-state index >= 15 is 0 Å². The number of hydrogen-bond donors (Lipinski definition) is 0. The summed E-state index contributed by atoms with van der Waals surface area (Å²) in [6, 6.07) is 70.2. The third-order valence-electron chi connectivity index (χ3n) is 12.3. The van der Waals surface area contributed by atoms with Gasteiger partial charge in [-0.2, -0.15) is 0 Å². The summed E-state index contributed by atoms with van der Waals surface area (Å²) in [5.41, 5.74) is 21.3. The smallest absolute Gasteiger partial charge is 0.0746 e. The van der Waals surface area contributed by atoms with Gasteiger partial charge in [0.15, 0.2) is 0 Å². The van der Waals surface area contributed by atoms with Crippen molar-refractivity contribution in [2.24, 2.45) is 0 Å². The fourth-order valence-electron chi connectivity index (χ4n) is 10.2. The Kier molecular flexibility index (Phi) is 6.29. The summed E-state index contributed by atoms with van der Waals surface area (Å²) in [7, 11) is 0. The van der Waals surface area contributed by atoms with Crippen molar-refractivity contribution in [1.82, 2.24) is 0 Å². The molecule has 0 atom stereocenters. The minimum atomic E-state index is -0.494. The highest BCUT2D eigenvalue weighted by Crippen LogP contribution is 2.66. The van der Waals surface area contributed by atoms with Crippen LogP contribution >= 0.6 is 0 Å². The zero-order valence-corrected chi connectivity index (χ0v) is 29.8. The lowest BCUT2D eigenvalue weighted by Crippen LogP contribution is -2.29. The van der Waals surface area contributed by atoms with Crippen molar-refractivity contribution in [3.63, 3.8) is 0 Å². The lowest BCUT2D eigenvalue weighted by atomic mass is 9.70. The Morgan fingerprint density at radius 3 is 1.26 bits per heavy atom. The molecule has 8 aromatic carbocycles. The fraction of sp³-hybridized carbons (Fsp3) is 0.0769. The maximum absolute atomic E-state index is 2.62. The molecule has 8 aromatic rings. The van der Waals surface area contributed by atoms with E-state index < -0.39 is 5.41 Å². The van der Waals surface area contributed by atoms with Crippen LogP contribution in [0, 0.1) is 0 Å². The molecule has 0 aliphatic heterocycles. The van der Waals surface area contributed by atoms with Gasteiger partial charge in [0.25, 0.3) is 0 Å². The van der Waals surface area contributed by atoms with E-state index in [0.717, 1.165) is 5.69 Å². The molecule has 1 nitrogen and oxygen atoms in total. The van der Waals surface area contributed by atoms with E-state index in [1.807, 2.05) is 0 Å². The number of para-hydroxylation sites is 1. The highest BCUT2D eigenvalue weighted by Gasteiger charge is 2.53. The third-order valence-corrected chi connectivity index (χ3v) is 12.3.